The van der Waals surface area contributed by atoms with E-state index in [9.17, 15) is 8.42 Å². The van der Waals surface area contributed by atoms with Crippen molar-refractivity contribution in [1.82, 2.24) is 9.37 Å². The van der Waals surface area contributed by atoms with E-state index in [0.717, 1.165) is 24.8 Å². The van der Waals surface area contributed by atoms with Gasteiger partial charge in [0.1, 0.15) is 0 Å². The molecule has 2 fully saturated rings. The average Bonchev–Trinajstić information content (AvgIpc) is 2.97. The van der Waals surface area contributed by atoms with Crippen molar-refractivity contribution in [3.8, 4) is 0 Å². The summed E-state index contributed by atoms with van der Waals surface area (Å²) in [4.78, 5) is 6.77. The highest BCUT2D eigenvalue weighted by molar-refractivity contribution is 7.89. The number of aryl methyl sites for hydroxylation is 1. The molecule has 0 saturated carbocycles. The average molecular weight is 409 g/mol. The summed E-state index contributed by atoms with van der Waals surface area (Å²) in [7, 11) is -3.45. The van der Waals surface area contributed by atoms with Gasteiger partial charge in [0.25, 0.3) is 0 Å². The number of piperidine rings is 1. The highest BCUT2D eigenvalue weighted by atomic mass is 32.2. The van der Waals surface area contributed by atoms with Gasteiger partial charge in [-0.15, -0.1) is 0 Å². The van der Waals surface area contributed by atoms with Crippen molar-refractivity contribution in [2.24, 2.45) is 5.41 Å². The normalized spacial score (nSPS) is 28.5. The predicted molar refractivity (Wildman–Crippen MR) is 112 cm³/mol. The summed E-state index contributed by atoms with van der Waals surface area (Å²) < 4.78 is 27.7. The molecule has 2 saturated heterocycles. The Morgan fingerprint density at radius 1 is 0.964 bits per heavy atom. The molecule has 1 unspecified atom stereocenters. The van der Waals surface area contributed by atoms with Crippen LogP contribution in [0.4, 0.5) is 0 Å². The lowest BCUT2D eigenvalue weighted by molar-refractivity contribution is -0.291. The molecule has 2 heterocycles. The molecule has 5 nitrogen and oxygen atoms in total. The maximum absolute atomic E-state index is 13.0. The fourth-order valence-corrected chi connectivity index (χ4v) is 6.30. The molecular weight excluding hydrogens is 372 g/mol. The van der Waals surface area contributed by atoms with Crippen molar-refractivity contribution in [2.45, 2.75) is 83.2 Å². The molecule has 1 aromatic carbocycles. The number of benzene rings is 1. The SMILES string of the molecule is Cc1ccc(S(=O)(=O)N2CCC(C)(CON3C(C)(C)CCCC3(C)C)C2)cc1. The first-order valence-electron chi connectivity index (χ1n) is 10.4. The minimum Gasteiger partial charge on any atom is -0.297 e. The van der Waals surface area contributed by atoms with Crippen LogP contribution in [0.3, 0.4) is 0 Å². The zero-order valence-electron chi connectivity index (χ0n) is 18.3. The molecule has 1 aromatic rings. The second-order valence-corrected chi connectivity index (χ2v) is 12.2. The third-order valence-electron chi connectivity index (χ3n) is 6.40. The largest absolute Gasteiger partial charge is 0.297 e. The van der Waals surface area contributed by atoms with Crippen LogP contribution in [-0.2, 0) is 14.9 Å². The molecular formula is C22H36N2O3S. The van der Waals surface area contributed by atoms with Gasteiger partial charge in [-0.2, -0.15) is 9.37 Å². The Labute approximate surface area is 171 Å². The van der Waals surface area contributed by atoms with E-state index in [0.29, 0.717) is 24.6 Å². The van der Waals surface area contributed by atoms with Gasteiger partial charge in [0.2, 0.25) is 10.0 Å². The number of hydroxylamine groups is 2. The summed E-state index contributed by atoms with van der Waals surface area (Å²) in [6.45, 7) is 14.6. The molecule has 1 atom stereocenters. The second-order valence-electron chi connectivity index (χ2n) is 10.3. The minimum atomic E-state index is -3.45. The van der Waals surface area contributed by atoms with Gasteiger partial charge >= 0.3 is 0 Å². The first-order chi connectivity index (χ1) is 12.9. The standard InChI is InChI=1S/C22H36N2O3S/c1-18-8-10-19(11-9-18)28(25,26)23-15-14-22(6,16-23)17-27-24-20(2,3)12-7-13-21(24,4)5/h8-11H,7,12-17H2,1-6H3. The molecule has 28 heavy (non-hydrogen) atoms. The van der Waals surface area contributed by atoms with Crippen molar-refractivity contribution in [1.29, 1.82) is 0 Å². The zero-order chi connectivity index (χ0) is 20.8. The van der Waals surface area contributed by atoms with Gasteiger partial charge < -0.3 is 0 Å². The summed E-state index contributed by atoms with van der Waals surface area (Å²) >= 11 is 0. The van der Waals surface area contributed by atoms with Crippen molar-refractivity contribution in [3.63, 3.8) is 0 Å². The molecule has 0 radical (unpaired) electrons. The van der Waals surface area contributed by atoms with Gasteiger partial charge in [-0.05, 0) is 72.4 Å². The van der Waals surface area contributed by atoms with Gasteiger partial charge in [-0.25, -0.2) is 8.42 Å². The second kappa shape index (κ2) is 7.38. The number of hydrogen-bond acceptors (Lipinski definition) is 4. The van der Waals surface area contributed by atoms with Crippen molar-refractivity contribution in [3.05, 3.63) is 29.8 Å². The smallest absolute Gasteiger partial charge is 0.243 e. The molecule has 0 N–H and O–H groups in total. The van der Waals surface area contributed by atoms with Crippen molar-refractivity contribution >= 4 is 10.0 Å². The molecule has 0 amide bonds. The van der Waals surface area contributed by atoms with Gasteiger partial charge in [-0.3, -0.25) is 4.84 Å². The number of hydrogen-bond donors (Lipinski definition) is 0. The van der Waals surface area contributed by atoms with E-state index >= 15 is 0 Å². The number of nitrogens with zero attached hydrogens (tertiary/aromatic N) is 2. The van der Waals surface area contributed by atoms with Crippen LogP contribution in [0, 0.1) is 12.3 Å². The number of sulfonamides is 1. The van der Waals surface area contributed by atoms with Crippen LogP contribution in [0.5, 0.6) is 0 Å². The Hall–Kier alpha value is -0.950. The molecule has 0 bridgehead atoms. The maximum atomic E-state index is 13.0. The fourth-order valence-electron chi connectivity index (χ4n) is 4.71. The van der Waals surface area contributed by atoms with E-state index in [1.165, 1.54) is 6.42 Å². The third kappa shape index (κ3) is 4.30. The van der Waals surface area contributed by atoms with E-state index in [1.807, 2.05) is 19.1 Å². The van der Waals surface area contributed by atoms with E-state index in [2.05, 4.69) is 39.7 Å². The van der Waals surface area contributed by atoms with Gasteiger partial charge in [0.05, 0.1) is 11.5 Å². The van der Waals surface area contributed by atoms with Crippen LogP contribution in [0.15, 0.2) is 29.2 Å². The quantitative estimate of drug-likeness (QED) is 0.726. The predicted octanol–water partition coefficient (Wildman–Crippen LogP) is 4.37. The van der Waals surface area contributed by atoms with Gasteiger partial charge in [0.15, 0.2) is 0 Å². The molecule has 2 aliphatic rings. The maximum Gasteiger partial charge on any atom is 0.243 e. The van der Waals surface area contributed by atoms with Crippen LogP contribution >= 0.6 is 0 Å². The lowest BCUT2D eigenvalue weighted by Crippen LogP contribution is -2.59. The monoisotopic (exact) mass is 408 g/mol. The van der Waals surface area contributed by atoms with E-state index < -0.39 is 10.0 Å². The molecule has 2 aliphatic heterocycles. The van der Waals surface area contributed by atoms with E-state index in [1.54, 1.807) is 16.4 Å². The molecule has 3 rings (SSSR count). The summed E-state index contributed by atoms with van der Waals surface area (Å²) in [5.41, 5.74) is 0.862. The topological polar surface area (TPSA) is 49.9 Å². The molecule has 158 valence electrons. The first-order valence-corrected chi connectivity index (χ1v) is 11.8. The summed E-state index contributed by atoms with van der Waals surface area (Å²) in [5.74, 6) is 0. The Kier molecular flexibility index (Phi) is 5.74. The Morgan fingerprint density at radius 3 is 2.11 bits per heavy atom. The van der Waals surface area contributed by atoms with Crippen LogP contribution in [0.25, 0.3) is 0 Å². The van der Waals surface area contributed by atoms with Crippen LogP contribution in [-0.4, -0.2) is 48.6 Å². The van der Waals surface area contributed by atoms with Gasteiger partial charge in [0, 0.05) is 29.6 Å². The van der Waals surface area contributed by atoms with Crippen molar-refractivity contribution in [2.75, 3.05) is 19.7 Å². The van der Waals surface area contributed by atoms with Gasteiger partial charge in [-0.1, -0.05) is 24.6 Å². The highest BCUT2D eigenvalue weighted by Gasteiger charge is 2.45. The summed E-state index contributed by atoms with van der Waals surface area (Å²) in [6.07, 6.45) is 4.24. The molecule has 6 heteroatoms. The third-order valence-corrected chi connectivity index (χ3v) is 8.26. The minimum absolute atomic E-state index is 0.00955. The number of rotatable bonds is 5. The van der Waals surface area contributed by atoms with Crippen molar-refractivity contribution < 1.29 is 13.3 Å². The van der Waals surface area contributed by atoms with E-state index in [4.69, 9.17) is 4.84 Å². The zero-order valence-corrected chi connectivity index (χ0v) is 19.1. The lowest BCUT2D eigenvalue weighted by atomic mass is 9.82. The first kappa shape index (κ1) is 21.8. The highest BCUT2D eigenvalue weighted by Crippen LogP contribution is 2.40. The van der Waals surface area contributed by atoms with Crippen LogP contribution in [0.2, 0.25) is 0 Å². The van der Waals surface area contributed by atoms with Crippen LogP contribution in [0.1, 0.15) is 65.9 Å². The Balaban J connectivity index is 1.69. The Bertz CT molecular complexity index is 786. The van der Waals surface area contributed by atoms with E-state index in [-0.39, 0.29) is 16.5 Å². The summed E-state index contributed by atoms with van der Waals surface area (Å²) in [5, 5.41) is 2.17. The Morgan fingerprint density at radius 2 is 1.54 bits per heavy atom. The molecule has 0 aromatic heterocycles. The molecule has 0 aliphatic carbocycles. The lowest BCUT2D eigenvalue weighted by Gasteiger charge is -2.52. The fraction of sp³-hybridized carbons (Fsp3) is 0.727. The molecule has 0 spiro atoms. The van der Waals surface area contributed by atoms with Crippen LogP contribution < -0.4 is 0 Å². The summed E-state index contributed by atoms with van der Waals surface area (Å²) in [6, 6.07) is 7.11.